The van der Waals surface area contributed by atoms with E-state index in [4.69, 9.17) is 10.5 Å². The number of hydrogen-bond acceptors (Lipinski definition) is 5. The quantitative estimate of drug-likeness (QED) is 0.692. The minimum absolute atomic E-state index is 0.0698. The molecule has 8 nitrogen and oxygen atoms in total. The summed E-state index contributed by atoms with van der Waals surface area (Å²) in [7, 11) is 0. The van der Waals surface area contributed by atoms with Crippen LogP contribution >= 0.6 is 0 Å². The average Bonchev–Trinajstić information content (AvgIpc) is 2.45. The van der Waals surface area contributed by atoms with Crippen LogP contribution in [0.25, 0.3) is 0 Å². The van der Waals surface area contributed by atoms with Gasteiger partial charge in [0, 0.05) is 12.1 Å². The maximum atomic E-state index is 12.0. The van der Waals surface area contributed by atoms with Crippen molar-refractivity contribution in [3.05, 3.63) is 29.3 Å². The van der Waals surface area contributed by atoms with Gasteiger partial charge >= 0.3 is 12.0 Å². The fourth-order valence-corrected chi connectivity index (χ4v) is 2.02. The second-order valence-corrected chi connectivity index (χ2v) is 4.82. The van der Waals surface area contributed by atoms with Gasteiger partial charge in [0.15, 0.2) is 6.10 Å². The first-order valence-corrected chi connectivity index (χ1v) is 6.61. The van der Waals surface area contributed by atoms with Gasteiger partial charge in [-0.2, -0.15) is 0 Å². The molecule has 0 fully saturated rings. The first-order valence-electron chi connectivity index (χ1n) is 6.61. The van der Waals surface area contributed by atoms with Crippen molar-refractivity contribution in [2.45, 2.75) is 25.9 Å². The summed E-state index contributed by atoms with van der Waals surface area (Å²) in [6.45, 7) is 1.33. The Labute approximate surface area is 126 Å². The zero-order valence-corrected chi connectivity index (χ0v) is 11.8. The molecule has 2 rings (SSSR count). The van der Waals surface area contributed by atoms with Crippen LogP contribution in [-0.4, -0.2) is 29.9 Å². The van der Waals surface area contributed by atoms with E-state index in [9.17, 15) is 19.2 Å². The van der Waals surface area contributed by atoms with Gasteiger partial charge < -0.3 is 15.8 Å². The number of rotatable bonds is 3. The van der Waals surface area contributed by atoms with Crippen molar-refractivity contribution < 1.29 is 23.9 Å². The van der Waals surface area contributed by atoms with E-state index in [-0.39, 0.29) is 11.5 Å². The lowest BCUT2D eigenvalue weighted by Crippen LogP contribution is -2.42. The number of carbonyl (C=O) groups excluding carboxylic acids is 4. The van der Waals surface area contributed by atoms with Gasteiger partial charge in [0.1, 0.15) is 0 Å². The number of hydrogen-bond donors (Lipinski definition) is 3. The van der Waals surface area contributed by atoms with E-state index in [0.29, 0.717) is 18.5 Å². The number of nitrogens with one attached hydrogen (secondary N) is 2. The molecule has 4 N–H and O–H groups in total. The number of aryl methyl sites for hydroxylation is 1. The highest BCUT2D eigenvalue weighted by atomic mass is 16.5. The molecule has 22 heavy (non-hydrogen) atoms. The number of esters is 1. The topological polar surface area (TPSA) is 128 Å². The van der Waals surface area contributed by atoms with Crippen molar-refractivity contribution in [2.24, 2.45) is 5.73 Å². The lowest BCUT2D eigenvalue weighted by Gasteiger charge is -2.18. The van der Waals surface area contributed by atoms with Gasteiger partial charge in [0.05, 0.1) is 5.56 Å². The number of imide groups is 1. The summed E-state index contributed by atoms with van der Waals surface area (Å²) >= 11 is 0. The SMILES string of the molecule is CC(OC(=O)c1ccc2c(c1)CCC(=O)N2)C(=O)NC(N)=O. The van der Waals surface area contributed by atoms with Gasteiger partial charge in [-0.05, 0) is 37.1 Å². The third kappa shape index (κ3) is 3.60. The molecule has 0 aliphatic carbocycles. The molecule has 1 heterocycles. The number of primary amides is 1. The van der Waals surface area contributed by atoms with Crippen molar-refractivity contribution in [2.75, 3.05) is 5.32 Å². The van der Waals surface area contributed by atoms with Crippen LogP contribution in [0.2, 0.25) is 0 Å². The molecule has 1 atom stereocenters. The van der Waals surface area contributed by atoms with Crippen LogP contribution in [-0.2, 0) is 20.7 Å². The number of carbonyl (C=O) groups is 4. The van der Waals surface area contributed by atoms with Gasteiger partial charge in [-0.25, -0.2) is 9.59 Å². The molecule has 0 spiro atoms. The molecule has 0 saturated carbocycles. The highest BCUT2D eigenvalue weighted by Gasteiger charge is 2.22. The third-order valence-corrected chi connectivity index (χ3v) is 3.14. The van der Waals surface area contributed by atoms with Gasteiger partial charge in [0.25, 0.3) is 5.91 Å². The van der Waals surface area contributed by atoms with E-state index < -0.39 is 24.0 Å². The van der Waals surface area contributed by atoms with Crippen LogP contribution in [0.5, 0.6) is 0 Å². The predicted octanol–water partition coefficient (Wildman–Crippen LogP) is 0.312. The minimum atomic E-state index is -1.16. The first kappa shape index (κ1) is 15.5. The van der Waals surface area contributed by atoms with Gasteiger partial charge in [-0.1, -0.05) is 0 Å². The average molecular weight is 305 g/mol. The van der Waals surface area contributed by atoms with Crippen molar-refractivity contribution in [1.29, 1.82) is 0 Å². The second-order valence-electron chi connectivity index (χ2n) is 4.82. The summed E-state index contributed by atoms with van der Waals surface area (Å²) in [6.07, 6.45) is -0.279. The summed E-state index contributed by atoms with van der Waals surface area (Å²) in [5.41, 5.74) is 6.55. The number of amides is 4. The normalized spacial score (nSPS) is 14.3. The zero-order valence-electron chi connectivity index (χ0n) is 11.8. The third-order valence-electron chi connectivity index (χ3n) is 3.14. The Hall–Kier alpha value is -2.90. The van der Waals surface area contributed by atoms with Crippen LogP contribution in [0, 0.1) is 0 Å². The lowest BCUT2D eigenvalue weighted by atomic mass is 10.0. The molecule has 0 saturated heterocycles. The molecule has 1 aliphatic rings. The molecule has 1 aromatic rings. The molecule has 0 radical (unpaired) electrons. The predicted molar refractivity (Wildman–Crippen MR) is 76.0 cm³/mol. The molecule has 0 aromatic heterocycles. The Kier molecular flexibility index (Phi) is 4.40. The fraction of sp³-hybridized carbons (Fsp3) is 0.286. The van der Waals surface area contributed by atoms with Crippen molar-refractivity contribution in [1.82, 2.24) is 5.32 Å². The number of urea groups is 1. The number of ether oxygens (including phenoxy) is 1. The van der Waals surface area contributed by atoms with Crippen molar-refractivity contribution in [3.63, 3.8) is 0 Å². The summed E-state index contributed by atoms with van der Waals surface area (Å²) in [5.74, 6) is -1.57. The number of anilines is 1. The molecular weight excluding hydrogens is 290 g/mol. The highest BCUT2D eigenvalue weighted by molar-refractivity contribution is 5.99. The van der Waals surface area contributed by atoms with Gasteiger partial charge in [-0.3, -0.25) is 14.9 Å². The zero-order chi connectivity index (χ0) is 16.3. The Morgan fingerprint density at radius 3 is 2.73 bits per heavy atom. The molecule has 4 amide bonds. The molecule has 8 heteroatoms. The molecule has 0 bridgehead atoms. The minimum Gasteiger partial charge on any atom is -0.449 e. The number of benzene rings is 1. The van der Waals surface area contributed by atoms with E-state index in [2.05, 4.69) is 5.32 Å². The lowest BCUT2D eigenvalue weighted by molar-refractivity contribution is -0.127. The molecule has 1 unspecified atom stereocenters. The summed E-state index contributed by atoms with van der Waals surface area (Å²) < 4.78 is 4.97. The maximum absolute atomic E-state index is 12.0. The molecule has 1 aromatic carbocycles. The smallest absolute Gasteiger partial charge is 0.338 e. The van der Waals surface area contributed by atoms with E-state index in [0.717, 1.165) is 5.56 Å². The van der Waals surface area contributed by atoms with Crippen LogP contribution in [0.4, 0.5) is 10.5 Å². The van der Waals surface area contributed by atoms with Crippen LogP contribution < -0.4 is 16.4 Å². The largest absolute Gasteiger partial charge is 0.449 e. The number of nitrogens with two attached hydrogens (primary N) is 1. The van der Waals surface area contributed by atoms with E-state index in [1.54, 1.807) is 12.1 Å². The Morgan fingerprint density at radius 1 is 1.32 bits per heavy atom. The van der Waals surface area contributed by atoms with Crippen molar-refractivity contribution in [3.8, 4) is 0 Å². The molecule has 1 aliphatic heterocycles. The summed E-state index contributed by atoms with van der Waals surface area (Å²) in [4.78, 5) is 45.3. The van der Waals surface area contributed by atoms with Crippen LogP contribution in [0.15, 0.2) is 18.2 Å². The molecular formula is C14H15N3O5. The fourth-order valence-electron chi connectivity index (χ4n) is 2.02. The highest BCUT2D eigenvalue weighted by Crippen LogP contribution is 2.24. The maximum Gasteiger partial charge on any atom is 0.338 e. The molecule has 116 valence electrons. The standard InChI is InChI=1S/C14H15N3O5/c1-7(12(19)17-14(15)21)22-13(20)9-2-4-10-8(6-9)3-5-11(18)16-10/h2,4,6-7H,3,5H2,1H3,(H,16,18)(H3,15,17,19,21). The van der Waals surface area contributed by atoms with Crippen LogP contribution in [0.3, 0.4) is 0 Å². The van der Waals surface area contributed by atoms with E-state index >= 15 is 0 Å². The summed E-state index contributed by atoms with van der Waals surface area (Å²) in [6, 6.07) is 3.69. The summed E-state index contributed by atoms with van der Waals surface area (Å²) in [5, 5.41) is 4.53. The number of fused-ring (bicyclic) bond motifs is 1. The van der Waals surface area contributed by atoms with Gasteiger partial charge in [-0.15, -0.1) is 0 Å². The monoisotopic (exact) mass is 305 g/mol. The Morgan fingerprint density at radius 2 is 2.05 bits per heavy atom. The van der Waals surface area contributed by atoms with Crippen molar-refractivity contribution >= 4 is 29.5 Å². The van der Waals surface area contributed by atoms with E-state index in [1.165, 1.54) is 13.0 Å². The second kappa shape index (κ2) is 6.25. The van der Waals surface area contributed by atoms with Crippen LogP contribution in [0.1, 0.15) is 29.3 Å². The first-order chi connectivity index (χ1) is 10.4. The Balaban J connectivity index is 2.05. The van der Waals surface area contributed by atoms with E-state index in [1.807, 2.05) is 5.32 Å². The Bertz CT molecular complexity index is 656. The van der Waals surface area contributed by atoms with Gasteiger partial charge in [0.2, 0.25) is 5.91 Å².